The second kappa shape index (κ2) is 8.25. The lowest BCUT2D eigenvalue weighted by Crippen LogP contribution is -2.32. The van der Waals surface area contributed by atoms with Crippen molar-refractivity contribution in [2.24, 2.45) is 0 Å². The minimum atomic E-state index is 0.490. The lowest BCUT2D eigenvalue weighted by molar-refractivity contribution is 0.182. The Morgan fingerprint density at radius 2 is 2.29 bits per heavy atom. The van der Waals surface area contributed by atoms with E-state index in [0.29, 0.717) is 6.04 Å². The summed E-state index contributed by atoms with van der Waals surface area (Å²) in [6, 6.07) is 0.490. The topological polar surface area (TPSA) is 39.1 Å². The number of ether oxygens (including phenoxy) is 1. The number of hydrogen-bond donors (Lipinski definition) is 1. The largest absolute Gasteiger partial charge is 0.385 e. The van der Waals surface area contributed by atoms with Crippen LogP contribution in [-0.4, -0.2) is 36.1 Å². The van der Waals surface area contributed by atoms with Gasteiger partial charge >= 0.3 is 0 Å². The number of nitrogens with one attached hydrogen (secondary N) is 1. The lowest BCUT2D eigenvalue weighted by atomic mass is 10.1. The maximum absolute atomic E-state index is 5.16. The van der Waals surface area contributed by atoms with Crippen LogP contribution < -0.4 is 5.32 Å². The summed E-state index contributed by atoms with van der Waals surface area (Å²) in [6.45, 7) is 7.11. The molecule has 0 radical (unpaired) electrons. The Balaban J connectivity index is 2.45. The lowest BCUT2D eigenvalue weighted by Gasteiger charge is -2.17. The average molecular weight is 239 g/mol. The Labute approximate surface area is 104 Å². The molecule has 0 spiro atoms. The fourth-order valence-corrected chi connectivity index (χ4v) is 1.85. The molecule has 4 nitrogen and oxygen atoms in total. The number of hydrogen-bond acceptors (Lipinski definition) is 3. The molecule has 0 amide bonds. The molecule has 4 heteroatoms. The van der Waals surface area contributed by atoms with Gasteiger partial charge in [0.15, 0.2) is 0 Å². The SMILES string of the molecule is CCCNC(CCOC)Cc1cnn(CC)c1. The van der Waals surface area contributed by atoms with E-state index in [-0.39, 0.29) is 0 Å². The van der Waals surface area contributed by atoms with Crippen LogP contribution in [0, 0.1) is 0 Å². The molecule has 1 unspecified atom stereocenters. The molecule has 1 heterocycles. The van der Waals surface area contributed by atoms with Crippen LogP contribution in [0.3, 0.4) is 0 Å². The molecule has 1 aromatic heterocycles. The van der Waals surface area contributed by atoms with Gasteiger partial charge in [0, 0.05) is 32.5 Å². The molecule has 0 bridgehead atoms. The van der Waals surface area contributed by atoms with E-state index in [1.165, 1.54) is 5.56 Å². The van der Waals surface area contributed by atoms with Crippen LogP contribution in [0.1, 0.15) is 32.3 Å². The van der Waals surface area contributed by atoms with E-state index < -0.39 is 0 Å². The van der Waals surface area contributed by atoms with E-state index in [0.717, 1.165) is 39.0 Å². The van der Waals surface area contributed by atoms with E-state index in [4.69, 9.17) is 4.74 Å². The van der Waals surface area contributed by atoms with Crippen LogP contribution >= 0.6 is 0 Å². The summed E-state index contributed by atoms with van der Waals surface area (Å²) in [5.74, 6) is 0. The summed E-state index contributed by atoms with van der Waals surface area (Å²) >= 11 is 0. The van der Waals surface area contributed by atoms with Crippen molar-refractivity contribution in [3.8, 4) is 0 Å². The maximum atomic E-state index is 5.16. The molecule has 1 N–H and O–H groups in total. The quantitative estimate of drug-likeness (QED) is 0.715. The molecule has 0 aliphatic heterocycles. The third-order valence-electron chi connectivity index (χ3n) is 2.85. The molecular formula is C13H25N3O. The van der Waals surface area contributed by atoms with Crippen LogP contribution in [0.5, 0.6) is 0 Å². The zero-order valence-corrected chi connectivity index (χ0v) is 11.3. The zero-order valence-electron chi connectivity index (χ0n) is 11.3. The molecule has 0 saturated carbocycles. The summed E-state index contributed by atoms with van der Waals surface area (Å²) in [5, 5.41) is 7.87. The van der Waals surface area contributed by atoms with Crippen LogP contribution in [0.25, 0.3) is 0 Å². The van der Waals surface area contributed by atoms with Gasteiger partial charge in [-0.25, -0.2) is 0 Å². The number of aromatic nitrogens is 2. The number of nitrogens with zero attached hydrogens (tertiary/aromatic N) is 2. The molecular weight excluding hydrogens is 214 g/mol. The predicted molar refractivity (Wildman–Crippen MR) is 70.2 cm³/mol. The molecule has 0 aliphatic carbocycles. The molecule has 98 valence electrons. The van der Waals surface area contributed by atoms with Crippen molar-refractivity contribution in [3.63, 3.8) is 0 Å². The van der Waals surface area contributed by atoms with Crippen molar-refractivity contribution < 1.29 is 4.74 Å². The van der Waals surface area contributed by atoms with E-state index in [2.05, 4.69) is 30.5 Å². The Morgan fingerprint density at radius 3 is 2.88 bits per heavy atom. The summed E-state index contributed by atoms with van der Waals surface area (Å²) in [7, 11) is 1.76. The fraction of sp³-hybridized carbons (Fsp3) is 0.769. The van der Waals surface area contributed by atoms with E-state index in [1.54, 1.807) is 7.11 Å². The van der Waals surface area contributed by atoms with Crippen LogP contribution in [0.15, 0.2) is 12.4 Å². The van der Waals surface area contributed by atoms with Crippen LogP contribution in [0.4, 0.5) is 0 Å². The monoisotopic (exact) mass is 239 g/mol. The van der Waals surface area contributed by atoms with Gasteiger partial charge in [0.2, 0.25) is 0 Å². The van der Waals surface area contributed by atoms with E-state index in [1.807, 2.05) is 10.9 Å². The molecule has 0 aliphatic rings. The first kappa shape index (κ1) is 14.2. The smallest absolute Gasteiger partial charge is 0.0522 e. The highest BCUT2D eigenvalue weighted by Crippen LogP contribution is 2.06. The first-order chi connectivity index (χ1) is 8.30. The summed E-state index contributed by atoms with van der Waals surface area (Å²) in [5.41, 5.74) is 1.30. The number of methoxy groups -OCH3 is 1. The molecule has 1 atom stereocenters. The van der Waals surface area contributed by atoms with Gasteiger partial charge in [-0.1, -0.05) is 6.92 Å². The number of aryl methyl sites for hydroxylation is 1. The molecule has 0 saturated heterocycles. The fourth-order valence-electron chi connectivity index (χ4n) is 1.85. The van der Waals surface area contributed by atoms with Gasteiger partial charge in [-0.05, 0) is 38.3 Å². The average Bonchev–Trinajstić information content (AvgIpc) is 2.80. The highest BCUT2D eigenvalue weighted by atomic mass is 16.5. The van der Waals surface area contributed by atoms with Crippen molar-refractivity contribution in [2.75, 3.05) is 20.3 Å². The third-order valence-corrected chi connectivity index (χ3v) is 2.85. The first-order valence-electron chi connectivity index (χ1n) is 6.53. The zero-order chi connectivity index (χ0) is 12.5. The van der Waals surface area contributed by atoms with Gasteiger partial charge in [0.05, 0.1) is 6.20 Å². The summed E-state index contributed by atoms with van der Waals surface area (Å²) in [4.78, 5) is 0. The predicted octanol–water partition coefficient (Wildman–Crippen LogP) is 1.85. The van der Waals surface area contributed by atoms with Gasteiger partial charge in [0.1, 0.15) is 0 Å². The van der Waals surface area contributed by atoms with Gasteiger partial charge < -0.3 is 10.1 Å². The molecule has 0 aromatic carbocycles. The maximum Gasteiger partial charge on any atom is 0.0522 e. The highest BCUT2D eigenvalue weighted by molar-refractivity contribution is 5.06. The molecule has 1 aromatic rings. The van der Waals surface area contributed by atoms with Crippen molar-refractivity contribution in [2.45, 2.75) is 45.7 Å². The van der Waals surface area contributed by atoms with E-state index >= 15 is 0 Å². The van der Waals surface area contributed by atoms with Crippen molar-refractivity contribution in [1.29, 1.82) is 0 Å². The Bertz CT molecular complexity index is 291. The molecule has 1 rings (SSSR count). The van der Waals surface area contributed by atoms with Crippen molar-refractivity contribution >= 4 is 0 Å². The van der Waals surface area contributed by atoms with Gasteiger partial charge in [-0.15, -0.1) is 0 Å². The summed E-state index contributed by atoms with van der Waals surface area (Å²) < 4.78 is 7.13. The minimum Gasteiger partial charge on any atom is -0.385 e. The van der Waals surface area contributed by atoms with Gasteiger partial charge in [0.25, 0.3) is 0 Å². The second-order valence-electron chi connectivity index (χ2n) is 4.34. The summed E-state index contributed by atoms with van der Waals surface area (Å²) in [6.07, 6.45) is 7.35. The molecule has 0 fully saturated rings. The van der Waals surface area contributed by atoms with Crippen LogP contribution in [0.2, 0.25) is 0 Å². The van der Waals surface area contributed by atoms with Crippen LogP contribution in [-0.2, 0) is 17.7 Å². The highest BCUT2D eigenvalue weighted by Gasteiger charge is 2.09. The second-order valence-corrected chi connectivity index (χ2v) is 4.34. The Morgan fingerprint density at radius 1 is 1.47 bits per heavy atom. The minimum absolute atomic E-state index is 0.490. The van der Waals surface area contributed by atoms with E-state index in [9.17, 15) is 0 Å². The van der Waals surface area contributed by atoms with Gasteiger partial charge in [-0.2, -0.15) is 5.10 Å². The third kappa shape index (κ3) is 5.33. The Kier molecular flexibility index (Phi) is 6.89. The normalized spacial score (nSPS) is 12.9. The first-order valence-corrected chi connectivity index (χ1v) is 6.53. The van der Waals surface area contributed by atoms with Crippen molar-refractivity contribution in [3.05, 3.63) is 18.0 Å². The molecule has 17 heavy (non-hydrogen) atoms. The van der Waals surface area contributed by atoms with Crippen molar-refractivity contribution in [1.82, 2.24) is 15.1 Å². The standard InChI is InChI=1S/C13H25N3O/c1-4-7-14-13(6-8-17-3)9-12-10-15-16(5-2)11-12/h10-11,13-14H,4-9H2,1-3H3. The Hall–Kier alpha value is -0.870. The number of rotatable bonds is 9. The van der Waals surface area contributed by atoms with Gasteiger partial charge in [-0.3, -0.25) is 4.68 Å².